The van der Waals surface area contributed by atoms with Crippen LogP contribution in [-0.2, 0) is 14.3 Å². The van der Waals surface area contributed by atoms with Crippen molar-refractivity contribution in [2.75, 3.05) is 0 Å². The third kappa shape index (κ3) is 5.08. The standard InChI is InChI=1S/C20H20BrNO4/c1-13(25-17-11-7-15(21)8-12-17)20(24)26-18(14-5-3-2-4-6-14)19(23)22-16-9-10-16/h2-8,11-13,16,18H,9-10H2,1H3,(H,22,23)/t13-,18-/m0/s1. The summed E-state index contributed by atoms with van der Waals surface area (Å²) >= 11 is 3.35. The van der Waals surface area contributed by atoms with Crippen LogP contribution in [-0.4, -0.2) is 24.0 Å². The van der Waals surface area contributed by atoms with Gasteiger partial charge in [0.15, 0.2) is 6.10 Å². The van der Waals surface area contributed by atoms with Gasteiger partial charge in [0, 0.05) is 16.1 Å². The molecule has 1 N–H and O–H groups in total. The van der Waals surface area contributed by atoms with Crippen molar-refractivity contribution < 1.29 is 19.1 Å². The molecule has 0 aromatic heterocycles. The Labute approximate surface area is 160 Å². The van der Waals surface area contributed by atoms with E-state index in [2.05, 4.69) is 21.2 Å². The maximum atomic E-state index is 12.5. The van der Waals surface area contributed by atoms with Crippen LogP contribution in [0.5, 0.6) is 5.75 Å². The van der Waals surface area contributed by atoms with E-state index in [1.54, 1.807) is 31.2 Å². The highest BCUT2D eigenvalue weighted by Crippen LogP contribution is 2.24. The quantitative estimate of drug-likeness (QED) is 0.696. The molecule has 2 aromatic carbocycles. The van der Waals surface area contributed by atoms with E-state index in [0.717, 1.165) is 17.3 Å². The lowest BCUT2D eigenvalue weighted by Crippen LogP contribution is -2.36. The molecule has 2 aromatic rings. The van der Waals surface area contributed by atoms with Crippen LogP contribution < -0.4 is 10.1 Å². The average Bonchev–Trinajstić information content (AvgIpc) is 3.46. The van der Waals surface area contributed by atoms with E-state index in [1.165, 1.54) is 0 Å². The van der Waals surface area contributed by atoms with Gasteiger partial charge < -0.3 is 14.8 Å². The zero-order valence-corrected chi connectivity index (χ0v) is 15.9. The number of amides is 1. The first kappa shape index (κ1) is 18.5. The first-order valence-corrected chi connectivity index (χ1v) is 9.30. The smallest absolute Gasteiger partial charge is 0.348 e. The number of rotatable bonds is 7. The monoisotopic (exact) mass is 417 g/mol. The summed E-state index contributed by atoms with van der Waals surface area (Å²) in [7, 11) is 0. The van der Waals surface area contributed by atoms with Crippen LogP contribution in [0.15, 0.2) is 59.1 Å². The molecule has 0 bridgehead atoms. The number of hydrogen-bond donors (Lipinski definition) is 1. The van der Waals surface area contributed by atoms with Crippen molar-refractivity contribution in [3.63, 3.8) is 0 Å². The third-order valence-corrected chi connectivity index (χ3v) is 4.49. The van der Waals surface area contributed by atoms with Crippen LogP contribution in [0.2, 0.25) is 0 Å². The summed E-state index contributed by atoms with van der Waals surface area (Å²) in [5, 5.41) is 2.89. The number of ether oxygens (including phenoxy) is 2. The van der Waals surface area contributed by atoms with Crippen LogP contribution in [0.25, 0.3) is 0 Å². The fourth-order valence-corrected chi connectivity index (χ4v) is 2.65. The molecular weight excluding hydrogens is 398 g/mol. The van der Waals surface area contributed by atoms with E-state index >= 15 is 0 Å². The number of carbonyl (C=O) groups excluding carboxylic acids is 2. The van der Waals surface area contributed by atoms with Gasteiger partial charge in [0.05, 0.1) is 0 Å². The van der Waals surface area contributed by atoms with Gasteiger partial charge in [-0.15, -0.1) is 0 Å². The second-order valence-electron chi connectivity index (χ2n) is 6.22. The molecule has 5 nitrogen and oxygen atoms in total. The minimum Gasteiger partial charge on any atom is -0.479 e. The van der Waals surface area contributed by atoms with Crippen molar-refractivity contribution >= 4 is 27.8 Å². The summed E-state index contributed by atoms with van der Waals surface area (Å²) in [4.78, 5) is 25.0. The van der Waals surface area contributed by atoms with Gasteiger partial charge in [0.2, 0.25) is 6.10 Å². The molecule has 3 rings (SSSR count). The Kier molecular flexibility index (Phi) is 5.93. The lowest BCUT2D eigenvalue weighted by molar-refractivity contribution is -0.162. The van der Waals surface area contributed by atoms with Gasteiger partial charge in [-0.05, 0) is 44.0 Å². The fraction of sp³-hybridized carbons (Fsp3) is 0.300. The highest BCUT2D eigenvalue weighted by molar-refractivity contribution is 9.10. The molecule has 1 amide bonds. The van der Waals surface area contributed by atoms with Crippen molar-refractivity contribution in [2.45, 2.75) is 38.0 Å². The summed E-state index contributed by atoms with van der Waals surface area (Å²) in [6, 6.07) is 16.3. The number of esters is 1. The molecule has 0 heterocycles. The van der Waals surface area contributed by atoms with E-state index < -0.39 is 18.2 Å². The predicted octanol–water partition coefficient (Wildman–Crippen LogP) is 3.78. The summed E-state index contributed by atoms with van der Waals surface area (Å²) in [5.74, 6) is -0.341. The van der Waals surface area contributed by atoms with E-state index in [-0.39, 0.29) is 11.9 Å². The highest BCUT2D eigenvalue weighted by atomic mass is 79.9. The number of nitrogens with one attached hydrogen (secondary N) is 1. The minimum atomic E-state index is -0.986. The number of benzene rings is 2. The molecule has 0 unspecified atom stereocenters. The van der Waals surface area contributed by atoms with Gasteiger partial charge in [-0.3, -0.25) is 4.79 Å². The number of hydrogen-bond acceptors (Lipinski definition) is 4. The Balaban J connectivity index is 1.67. The van der Waals surface area contributed by atoms with E-state index in [9.17, 15) is 9.59 Å². The first-order valence-electron chi connectivity index (χ1n) is 8.51. The Morgan fingerprint density at radius 1 is 1.08 bits per heavy atom. The van der Waals surface area contributed by atoms with Crippen molar-refractivity contribution in [3.05, 3.63) is 64.6 Å². The molecule has 26 heavy (non-hydrogen) atoms. The summed E-state index contributed by atoms with van der Waals surface area (Å²) in [6.07, 6.45) is 0.102. The average molecular weight is 418 g/mol. The van der Waals surface area contributed by atoms with E-state index in [1.807, 2.05) is 30.3 Å². The topological polar surface area (TPSA) is 64.6 Å². The zero-order chi connectivity index (χ0) is 18.5. The molecule has 1 saturated carbocycles. The van der Waals surface area contributed by atoms with Crippen LogP contribution in [0, 0.1) is 0 Å². The molecule has 6 heteroatoms. The molecule has 0 spiro atoms. The van der Waals surface area contributed by atoms with Crippen LogP contribution in [0.1, 0.15) is 31.4 Å². The van der Waals surface area contributed by atoms with Gasteiger partial charge >= 0.3 is 5.97 Å². The molecular formula is C20H20BrNO4. The zero-order valence-electron chi connectivity index (χ0n) is 14.4. The Hall–Kier alpha value is -2.34. The molecule has 1 fully saturated rings. The minimum absolute atomic E-state index is 0.184. The van der Waals surface area contributed by atoms with E-state index in [4.69, 9.17) is 9.47 Å². The third-order valence-electron chi connectivity index (χ3n) is 3.96. The number of halogens is 1. The Morgan fingerprint density at radius 2 is 1.73 bits per heavy atom. The van der Waals surface area contributed by atoms with Crippen LogP contribution in [0.4, 0.5) is 0 Å². The van der Waals surface area contributed by atoms with Gasteiger partial charge in [0.25, 0.3) is 5.91 Å². The highest BCUT2D eigenvalue weighted by Gasteiger charge is 2.32. The second kappa shape index (κ2) is 8.36. The lowest BCUT2D eigenvalue weighted by Gasteiger charge is -2.20. The second-order valence-corrected chi connectivity index (χ2v) is 7.14. The summed E-state index contributed by atoms with van der Waals surface area (Å²) in [5.41, 5.74) is 0.634. The van der Waals surface area contributed by atoms with Crippen molar-refractivity contribution in [2.24, 2.45) is 0 Å². The largest absolute Gasteiger partial charge is 0.479 e. The van der Waals surface area contributed by atoms with Crippen molar-refractivity contribution in [3.8, 4) is 5.75 Å². The molecule has 0 saturated heterocycles. The van der Waals surface area contributed by atoms with Gasteiger partial charge in [-0.2, -0.15) is 0 Å². The van der Waals surface area contributed by atoms with Crippen LogP contribution >= 0.6 is 15.9 Å². The van der Waals surface area contributed by atoms with Crippen molar-refractivity contribution in [1.82, 2.24) is 5.32 Å². The summed E-state index contributed by atoms with van der Waals surface area (Å²) < 4.78 is 12.0. The van der Waals surface area contributed by atoms with Gasteiger partial charge in [-0.1, -0.05) is 46.3 Å². The van der Waals surface area contributed by atoms with Gasteiger partial charge in [-0.25, -0.2) is 4.79 Å². The van der Waals surface area contributed by atoms with E-state index in [0.29, 0.717) is 11.3 Å². The molecule has 136 valence electrons. The molecule has 1 aliphatic rings. The Morgan fingerprint density at radius 3 is 2.35 bits per heavy atom. The molecule has 0 radical (unpaired) electrons. The summed E-state index contributed by atoms with van der Waals surface area (Å²) in [6.45, 7) is 1.60. The predicted molar refractivity (Wildman–Crippen MR) is 101 cm³/mol. The van der Waals surface area contributed by atoms with Crippen molar-refractivity contribution in [1.29, 1.82) is 0 Å². The fourth-order valence-electron chi connectivity index (χ4n) is 2.38. The maximum Gasteiger partial charge on any atom is 0.348 e. The lowest BCUT2D eigenvalue weighted by atomic mass is 10.1. The molecule has 1 aliphatic carbocycles. The Bertz CT molecular complexity index is 759. The van der Waals surface area contributed by atoms with Crippen LogP contribution in [0.3, 0.4) is 0 Å². The molecule has 2 atom stereocenters. The maximum absolute atomic E-state index is 12.5. The number of carbonyl (C=O) groups is 2. The van der Waals surface area contributed by atoms with Gasteiger partial charge in [0.1, 0.15) is 5.75 Å². The normalized spacial score (nSPS) is 15.6. The first-order chi connectivity index (χ1) is 12.5. The SMILES string of the molecule is C[C@H](Oc1ccc(Br)cc1)C(=O)O[C@H](C(=O)NC1CC1)c1ccccc1. The molecule has 0 aliphatic heterocycles.